The predicted octanol–water partition coefficient (Wildman–Crippen LogP) is 3.75. The first kappa shape index (κ1) is 13.1. The average Bonchev–Trinajstić information content (AvgIpc) is 2.47. The first-order chi connectivity index (χ1) is 9.74. The van der Waals surface area contributed by atoms with Gasteiger partial charge in [-0.05, 0) is 30.2 Å². The molecule has 0 fully saturated rings. The fourth-order valence-electron chi connectivity index (χ4n) is 2.64. The van der Waals surface area contributed by atoms with E-state index in [0.717, 1.165) is 30.9 Å². The summed E-state index contributed by atoms with van der Waals surface area (Å²) in [6, 6.07) is 13.2. The minimum Gasteiger partial charge on any atom is -0.493 e. The highest BCUT2D eigenvalue weighted by atomic mass is 19.1. The third-order valence-corrected chi connectivity index (χ3v) is 3.74. The van der Waals surface area contributed by atoms with Crippen LogP contribution in [-0.4, -0.2) is 6.61 Å². The van der Waals surface area contributed by atoms with Gasteiger partial charge >= 0.3 is 0 Å². The number of para-hydroxylation sites is 1. The number of hydrogen-bond acceptors (Lipinski definition) is 2. The summed E-state index contributed by atoms with van der Waals surface area (Å²) < 4.78 is 18.6. The number of halogens is 1. The van der Waals surface area contributed by atoms with Crippen molar-refractivity contribution in [2.45, 2.75) is 25.9 Å². The fraction of sp³-hybridized carbons (Fsp3) is 0.294. The molecule has 1 aliphatic heterocycles. The van der Waals surface area contributed by atoms with Crippen molar-refractivity contribution in [1.29, 1.82) is 0 Å². The monoisotopic (exact) mass is 271 g/mol. The minimum atomic E-state index is -0.194. The summed E-state index contributed by atoms with van der Waals surface area (Å²) in [6.45, 7) is 3.54. The largest absolute Gasteiger partial charge is 0.493 e. The van der Waals surface area contributed by atoms with Gasteiger partial charge < -0.3 is 10.1 Å². The summed E-state index contributed by atoms with van der Waals surface area (Å²) in [5.74, 6) is 0.816. The van der Waals surface area contributed by atoms with Gasteiger partial charge in [0.05, 0.1) is 6.61 Å². The van der Waals surface area contributed by atoms with Gasteiger partial charge in [0.25, 0.3) is 0 Å². The second kappa shape index (κ2) is 5.63. The summed E-state index contributed by atoms with van der Waals surface area (Å²) >= 11 is 0. The van der Waals surface area contributed by atoms with E-state index >= 15 is 0 Å². The number of aryl methyl sites for hydroxylation is 1. The van der Waals surface area contributed by atoms with E-state index in [0.29, 0.717) is 6.04 Å². The van der Waals surface area contributed by atoms with E-state index in [9.17, 15) is 4.39 Å². The lowest BCUT2D eigenvalue weighted by Crippen LogP contribution is -2.27. The van der Waals surface area contributed by atoms with E-state index in [1.54, 1.807) is 0 Å². The summed E-state index contributed by atoms with van der Waals surface area (Å²) in [7, 11) is 0. The van der Waals surface area contributed by atoms with Gasteiger partial charge in [-0.2, -0.15) is 0 Å². The molecule has 0 aliphatic carbocycles. The first-order valence-electron chi connectivity index (χ1n) is 6.94. The smallest absolute Gasteiger partial charge is 0.126 e. The fourth-order valence-corrected chi connectivity index (χ4v) is 2.64. The molecule has 3 rings (SSSR count). The lowest BCUT2D eigenvalue weighted by atomic mass is 9.98. The molecule has 0 radical (unpaired) electrons. The SMILES string of the molecule is Cc1cccc2c1OCCC2NCc1ccc(F)cc1. The summed E-state index contributed by atoms with van der Waals surface area (Å²) in [5, 5.41) is 3.54. The molecule has 0 saturated carbocycles. The lowest BCUT2D eigenvalue weighted by Gasteiger charge is -2.28. The van der Waals surface area contributed by atoms with Crippen LogP contribution in [0, 0.1) is 12.7 Å². The molecule has 0 bridgehead atoms. The van der Waals surface area contributed by atoms with Gasteiger partial charge in [-0.15, -0.1) is 0 Å². The Bertz CT molecular complexity index is 594. The molecule has 1 unspecified atom stereocenters. The molecule has 1 atom stereocenters. The molecule has 2 aromatic carbocycles. The Morgan fingerprint density at radius 1 is 1.20 bits per heavy atom. The molecule has 20 heavy (non-hydrogen) atoms. The molecule has 0 spiro atoms. The Morgan fingerprint density at radius 2 is 2.00 bits per heavy atom. The molecule has 1 N–H and O–H groups in total. The Labute approximate surface area is 118 Å². The van der Waals surface area contributed by atoms with Crippen LogP contribution in [0.2, 0.25) is 0 Å². The van der Waals surface area contributed by atoms with E-state index in [1.807, 2.05) is 12.1 Å². The third kappa shape index (κ3) is 2.68. The van der Waals surface area contributed by atoms with Crippen LogP contribution in [0.15, 0.2) is 42.5 Å². The van der Waals surface area contributed by atoms with Crippen molar-refractivity contribution >= 4 is 0 Å². The number of nitrogens with one attached hydrogen (secondary N) is 1. The topological polar surface area (TPSA) is 21.3 Å². The number of fused-ring (bicyclic) bond motifs is 1. The normalized spacial score (nSPS) is 17.4. The zero-order valence-corrected chi connectivity index (χ0v) is 11.5. The quantitative estimate of drug-likeness (QED) is 0.918. The van der Waals surface area contributed by atoms with Crippen LogP contribution < -0.4 is 10.1 Å². The highest BCUT2D eigenvalue weighted by molar-refractivity contribution is 5.43. The lowest BCUT2D eigenvalue weighted by molar-refractivity contribution is 0.250. The summed E-state index contributed by atoms with van der Waals surface area (Å²) in [5.41, 5.74) is 3.49. The van der Waals surface area contributed by atoms with E-state index < -0.39 is 0 Å². The van der Waals surface area contributed by atoms with Gasteiger partial charge in [-0.3, -0.25) is 0 Å². The van der Waals surface area contributed by atoms with Crippen molar-refractivity contribution in [2.75, 3.05) is 6.61 Å². The molecule has 2 nitrogen and oxygen atoms in total. The molecule has 3 heteroatoms. The molecule has 104 valence electrons. The summed E-state index contributed by atoms with van der Waals surface area (Å²) in [6.07, 6.45) is 0.956. The molecule has 2 aromatic rings. The molecular formula is C17H18FNO. The Kier molecular flexibility index (Phi) is 3.70. The van der Waals surface area contributed by atoms with Gasteiger partial charge in [0.1, 0.15) is 11.6 Å². The maximum Gasteiger partial charge on any atom is 0.126 e. The summed E-state index contributed by atoms with van der Waals surface area (Å²) in [4.78, 5) is 0. The minimum absolute atomic E-state index is 0.194. The Hall–Kier alpha value is -1.87. The Balaban J connectivity index is 1.73. The van der Waals surface area contributed by atoms with E-state index in [4.69, 9.17) is 4.74 Å². The van der Waals surface area contributed by atoms with Crippen LogP contribution in [0.25, 0.3) is 0 Å². The zero-order valence-electron chi connectivity index (χ0n) is 11.5. The van der Waals surface area contributed by atoms with E-state index in [1.165, 1.54) is 23.3 Å². The molecule has 1 heterocycles. The maximum atomic E-state index is 12.9. The molecule has 1 aliphatic rings. The number of ether oxygens (including phenoxy) is 1. The standard InChI is InChI=1S/C17H18FNO/c1-12-3-2-4-15-16(9-10-20-17(12)15)19-11-13-5-7-14(18)8-6-13/h2-8,16,19H,9-11H2,1H3. The third-order valence-electron chi connectivity index (χ3n) is 3.74. The van der Waals surface area contributed by atoms with Crippen molar-refractivity contribution in [3.63, 3.8) is 0 Å². The second-order valence-electron chi connectivity index (χ2n) is 5.19. The van der Waals surface area contributed by atoms with Crippen molar-refractivity contribution < 1.29 is 9.13 Å². The van der Waals surface area contributed by atoms with Crippen LogP contribution in [0.3, 0.4) is 0 Å². The molecule has 0 aromatic heterocycles. The van der Waals surface area contributed by atoms with Crippen LogP contribution in [0.5, 0.6) is 5.75 Å². The van der Waals surface area contributed by atoms with Crippen LogP contribution in [0.1, 0.15) is 29.2 Å². The van der Waals surface area contributed by atoms with Gasteiger partial charge in [-0.1, -0.05) is 30.3 Å². The first-order valence-corrected chi connectivity index (χ1v) is 6.94. The van der Waals surface area contributed by atoms with Crippen LogP contribution in [0.4, 0.5) is 4.39 Å². The molecule has 0 amide bonds. The number of rotatable bonds is 3. The second-order valence-corrected chi connectivity index (χ2v) is 5.19. The van der Waals surface area contributed by atoms with Crippen molar-refractivity contribution in [1.82, 2.24) is 5.32 Å². The van der Waals surface area contributed by atoms with Gasteiger partial charge in [0.15, 0.2) is 0 Å². The number of benzene rings is 2. The average molecular weight is 271 g/mol. The predicted molar refractivity (Wildman–Crippen MR) is 77.3 cm³/mol. The van der Waals surface area contributed by atoms with E-state index in [-0.39, 0.29) is 5.82 Å². The molecule has 0 saturated heterocycles. The van der Waals surface area contributed by atoms with Crippen molar-refractivity contribution in [2.24, 2.45) is 0 Å². The van der Waals surface area contributed by atoms with Crippen LogP contribution in [-0.2, 0) is 6.54 Å². The maximum absolute atomic E-state index is 12.9. The van der Waals surface area contributed by atoms with E-state index in [2.05, 4.69) is 30.4 Å². The van der Waals surface area contributed by atoms with Gasteiger partial charge in [-0.25, -0.2) is 4.39 Å². The highest BCUT2D eigenvalue weighted by Crippen LogP contribution is 2.34. The Morgan fingerprint density at radius 3 is 2.80 bits per heavy atom. The number of hydrogen-bond donors (Lipinski definition) is 1. The van der Waals surface area contributed by atoms with Crippen LogP contribution >= 0.6 is 0 Å². The van der Waals surface area contributed by atoms with Gasteiger partial charge in [0.2, 0.25) is 0 Å². The van der Waals surface area contributed by atoms with Gasteiger partial charge in [0, 0.05) is 24.6 Å². The van der Waals surface area contributed by atoms with Crippen molar-refractivity contribution in [3.05, 3.63) is 65.0 Å². The van der Waals surface area contributed by atoms with Crippen molar-refractivity contribution in [3.8, 4) is 5.75 Å². The highest BCUT2D eigenvalue weighted by Gasteiger charge is 2.21. The zero-order chi connectivity index (χ0) is 13.9. The molecular weight excluding hydrogens is 253 g/mol.